The van der Waals surface area contributed by atoms with Crippen LogP contribution in [0.2, 0.25) is 0 Å². The second kappa shape index (κ2) is 6.55. The number of nitrogens with zero attached hydrogens (tertiary/aromatic N) is 1. The molecule has 1 amide bonds. The molecule has 0 fully saturated rings. The first-order valence-corrected chi connectivity index (χ1v) is 7.29. The van der Waals surface area contributed by atoms with Crippen molar-refractivity contribution in [3.8, 4) is 0 Å². The summed E-state index contributed by atoms with van der Waals surface area (Å²) in [5.41, 5.74) is 2.22. The van der Waals surface area contributed by atoms with Crippen LogP contribution in [0.15, 0.2) is 42.0 Å². The minimum Gasteiger partial charge on any atom is -0.328 e. The van der Waals surface area contributed by atoms with E-state index in [0.717, 1.165) is 25.0 Å². The molecule has 0 aromatic heterocycles. The van der Waals surface area contributed by atoms with Gasteiger partial charge in [0.25, 0.3) is 0 Å². The molecule has 0 radical (unpaired) electrons. The monoisotopic (exact) mass is 257 g/mol. The SMILES string of the molecule is CCCCCC1=CCN(C(C)c2ccccc2)C1=O. The molecule has 1 aromatic rings. The van der Waals surface area contributed by atoms with Crippen molar-refractivity contribution in [2.75, 3.05) is 6.54 Å². The zero-order valence-corrected chi connectivity index (χ0v) is 11.9. The Balaban J connectivity index is 1.96. The fraction of sp³-hybridized carbons (Fsp3) is 0.471. The van der Waals surface area contributed by atoms with E-state index in [1.165, 1.54) is 18.4 Å². The first-order valence-electron chi connectivity index (χ1n) is 7.29. The fourth-order valence-electron chi connectivity index (χ4n) is 2.58. The van der Waals surface area contributed by atoms with Gasteiger partial charge in [-0.25, -0.2) is 0 Å². The molecule has 0 N–H and O–H groups in total. The van der Waals surface area contributed by atoms with E-state index in [-0.39, 0.29) is 11.9 Å². The van der Waals surface area contributed by atoms with Crippen molar-refractivity contribution in [1.82, 2.24) is 4.90 Å². The molecule has 0 spiro atoms. The van der Waals surface area contributed by atoms with Crippen LogP contribution in [-0.2, 0) is 4.79 Å². The van der Waals surface area contributed by atoms with Crippen LogP contribution < -0.4 is 0 Å². The minimum atomic E-state index is 0.161. The predicted octanol–water partition coefficient (Wildman–Crippen LogP) is 4.10. The summed E-state index contributed by atoms with van der Waals surface area (Å²) in [5, 5.41) is 0. The third-order valence-electron chi connectivity index (χ3n) is 3.87. The molecule has 0 aliphatic carbocycles. The maximum absolute atomic E-state index is 12.4. The molecule has 0 saturated carbocycles. The lowest BCUT2D eigenvalue weighted by atomic mass is 10.1. The summed E-state index contributed by atoms with van der Waals surface area (Å²) in [6.07, 6.45) is 6.58. The summed E-state index contributed by atoms with van der Waals surface area (Å²) >= 11 is 0. The quantitative estimate of drug-likeness (QED) is 0.703. The predicted molar refractivity (Wildman–Crippen MR) is 78.8 cm³/mol. The van der Waals surface area contributed by atoms with E-state index in [4.69, 9.17) is 0 Å². The van der Waals surface area contributed by atoms with Gasteiger partial charge in [-0.1, -0.05) is 56.2 Å². The van der Waals surface area contributed by atoms with Crippen molar-refractivity contribution in [2.24, 2.45) is 0 Å². The van der Waals surface area contributed by atoms with Crippen LogP contribution in [0.3, 0.4) is 0 Å². The van der Waals surface area contributed by atoms with E-state index in [0.29, 0.717) is 0 Å². The van der Waals surface area contributed by atoms with Crippen molar-refractivity contribution in [3.05, 3.63) is 47.5 Å². The van der Waals surface area contributed by atoms with E-state index in [9.17, 15) is 4.79 Å². The average Bonchev–Trinajstić information content (AvgIpc) is 2.81. The van der Waals surface area contributed by atoms with Crippen molar-refractivity contribution in [3.63, 3.8) is 0 Å². The summed E-state index contributed by atoms with van der Waals surface area (Å²) in [7, 11) is 0. The van der Waals surface area contributed by atoms with Crippen LogP contribution in [0.4, 0.5) is 0 Å². The molecule has 19 heavy (non-hydrogen) atoms. The Bertz CT molecular complexity index is 450. The Morgan fingerprint density at radius 1 is 1.21 bits per heavy atom. The first kappa shape index (κ1) is 13.9. The summed E-state index contributed by atoms with van der Waals surface area (Å²) < 4.78 is 0. The highest BCUT2D eigenvalue weighted by atomic mass is 16.2. The Morgan fingerprint density at radius 3 is 2.63 bits per heavy atom. The summed E-state index contributed by atoms with van der Waals surface area (Å²) in [5.74, 6) is 0.229. The number of amides is 1. The van der Waals surface area contributed by atoms with Gasteiger partial charge >= 0.3 is 0 Å². The minimum absolute atomic E-state index is 0.161. The van der Waals surface area contributed by atoms with Gasteiger partial charge in [0.05, 0.1) is 6.04 Å². The molecule has 1 aliphatic rings. The number of carbonyl (C=O) groups excluding carboxylic acids is 1. The zero-order valence-electron chi connectivity index (χ0n) is 11.9. The Labute approximate surface area is 116 Å². The zero-order chi connectivity index (χ0) is 13.7. The van der Waals surface area contributed by atoms with Crippen LogP contribution in [0.1, 0.15) is 51.1 Å². The number of hydrogen-bond acceptors (Lipinski definition) is 1. The fourth-order valence-corrected chi connectivity index (χ4v) is 2.58. The maximum Gasteiger partial charge on any atom is 0.250 e. The lowest BCUT2D eigenvalue weighted by molar-refractivity contribution is -0.127. The molecule has 2 rings (SSSR count). The summed E-state index contributed by atoms with van der Waals surface area (Å²) in [6, 6.07) is 10.4. The second-order valence-electron chi connectivity index (χ2n) is 5.23. The molecule has 1 aromatic carbocycles. The van der Waals surface area contributed by atoms with Gasteiger partial charge in [-0.05, 0) is 25.3 Å². The Hall–Kier alpha value is -1.57. The van der Waals surface area contributed by atoms with E-state index in [2.05, 4.69) is 32.1 Å². The lowest BCUT2D eigenvalue weighted by Gasteiger charge is -2.25. The maximum atomic E-state index is 12.4. The van der Waals surface area contributed by atoms with Crippen molar-refractivity contribution >= 4 is 5.91 Å². The largest absolute Gasteiger partial charge is 0.328 e. The smallest absolute Gasteiger partial charge is 0.250 e. The Kier molecular flexibility index (Phi) is 4.78. The highest BCUT2D eigenvalue weighted by Gasteiger charge is 2.27. The van der Waals surface area contributed by atoms with Gasteiger partial charge in [0.2, 0.25) is 5.91 Å². The number of carbonyl (C=O) groups is 1. The molecular formula is C17H23NO. The molecule has 1 aliphatic heterocycles. The van der Waals surface area contributed by atoms with E-state index < -0.39 is 0 Å². The van der Waals surface area contributed by atoms with Gasteiger partial charge in [0.1, 0.15) is 0 Å². The topological polar surface area (TPSA) is 20.3 Å². The summed E-state index contributed by atoms with van der Waals surface area (Å²) in [4.78, 5) is 14.3. The number of hydrogen-bond donors (Lipinski definition) is 0. The molecular weight excluding hydrogens is 234 g/mol. The molecule has 0 bridgehead atoms. The Morgan fingerprint density at radius 2 is 1.95 bits per heavy atom. The van der Waals surface area contributed by atoms with Crippen molar-refractivity contribution in [1.29, 1.82) is 0 Å². The van der Waals surface area contributed by atoms with Crippen LogP contribution in [0, 0.1) is 0 Å². The molecule has 102 valence electrons. The van der Waals surface area contributed by atoms with Crippen molar-refractivity contribution in [2.45, 2.75) is 45.6 Å². The molecule has 1 atom stereocenters. The van der Waals surface area contributed by atoms with E-state index in [1.807, 2.05) is 23.1 Å². The average molecular weight is 257 g/mol. The van der Waals surface area contributed by atoms with Gasteiger partial charge in [-0.2, -0.15) is 0 Å². The van der Waals surface area contributed by atoms with Crippen molar-refractivity contribution < 1.29 is 4.79 Å². The molecule has 1 unspecified atom stereocenters. The van der Waals surface area contributed by atoms with Gasteiger partial charge in [0.15, 0.2) is 0 Å². The molecule has 0 saturated heterocycles. The van der Waals surface area contributed by atoms with Crippen LogP contribution in [0.25, 0.3) is 0 Å². The highest BCUT2D eigenvalue weighted by Crippen LogP contribution is 2.27. The van der Waals surface area contributed by atoms with Crippen LogP contribution in [0.5, 0.6) is 0 Å². The molecule has 1 heterocycles. The third kappa shape index (κ3) is 3.25. The van der Waals surface area contributed by atoms with E-state index in [1.54, 1.807) is 0 Å². The number of unbranched alkanes of at least 4 members (excludes halogenated alkanes) is 2. The normalized spacial score (nSPS) is 16.6. The van der Waals surface area contributed by atoms with Crippen LogP contribution in [-0.4, -0.2) is 17.4 Å². The number of rotatable bonds is 6. The van der Waals surface area contributed by atoms with Crippen LogP contribution >= 0.6 is 0 Å². The highest BCUT2D eigenvalue weighted by molar-refractivity contribution is 5.96. The molecule has 2 nitrogen and oxygen atoms in total. The molecule has 2 heteroatoms. The number of benzene rings is 1. The third-order valence-corrected chi connectivity index (χ3v) is 3.87. The second-order valence-corrected chi connectivity index (χ2v) is 5.23. The van der Waals surface area contributed by atoms with Gasteiger partial charge in [-0.3, -0.25) is 4.79 Å². The van der Waals surface area contributed by atoms with Gasteiger partial charge < -0.3 is 4.90 Å². The van der Waals surface area contributed by atoms with E-state index >= 15 is 0 Å². The summed E-state index contributed by atoms with van der Waals surface area (Å²) in [6.45, 7) is 5.06. The first-order chi connectivity index (χ1) is 9.24. The standard InChI is InChI=1S/C17H23NO/c1-3-4-6-11-16-12-13-18(17(16)19)14(2)15-9-7-5-8-10-15/h5,7-10,12,14H,3-4,6,11,13H2,1-2H3. The van der Waals surface area contributed by atoms with Gasteiger partial charge in [0, 0.05) is 12.1 Å². The lowest BCUT2D eigenvalue weighted by Crippen LogP contribution is -2.30. The van der Waals surface area contributed by atoms with Gasteiger partial charge in [-0.15, -0.1) is 0 Å².